The standard InChI is InChI=1S/C14H22N4O3/c1-9(2)11-7-12(17-16-11)15-14(20)10-6-13(19)18(8-10)4-5-21-3/h7,9-10H,4-6,8H2,1-3H3,(H2,15,16,17,20). The molecule has 2 heterocycles. The fraction of sp³-hybridized carbons (Fsp3) is 0.643. The molecule has 0 aromatic carbocycles. The van der Waals surface area contributed by atoms with Gasteiger partial charge in [0.15, 0.2) is 5.82 Å². The maximum absolute atomic E-state index is 12.2. The van der Waals surface area contributed by atoms with E-state index in [1.807, 2.05) is 19.9 Å². The van der Waals surface area contributed by atoms with Gasteiger partial charge in [0.25, 0.3) is 0 Å². The van der Waals surface area contributed by atoms with E-state index in [4.69, 9.17) is 4.74 Å². The summed E-state index contributed by atoms with van der Waals surface area (Å²) in [6, 6.07) is 1.82. The van der Waals surface area contributed by atoms with Crippen molar-refractivity contribution in [2.24, 2.45) is 5.92 Å². The van der Waals surface area contributed by atoms with Crippen molar-refractivity contribution < 1.29 is 14.3 Å². The average molecular weight is 294 g/mol. The Kier molecular flexibility index (Phi) is 4.95. The summed E-state index contributed by atoms with van der Waals surface area (Å²) in [6.07, 6.45) is 0.247. The maximum Gasteiger partial charge on any atom is 0.230 e. The van der Waals surface area contributed by atoms with Gasteiger partial charge in [-0.25, -0.2) is 0 Å². The largest absolute Gasteiger partial charge is 0.383 e. The normalized spacial score (nSPS) is 18.6. The number of aromatic nitrogens is 2. The summed E-state index contributed by atoms with van der Waals surface area (Å²) < 4.78 is 4.96. The van der Waals surface area contributed by atoms with Crippen molar-refractivity contribution in [3.63, 3.8) is 0 Å². The van der Waals surface area contributed by atoms with Crippen LogP contribution in [0.4, 0.5) is 5.82 Å². The van der Waals surface area contributed by atoms with Gasteiger partial charge in [0.05, 0.1) is 12.5 Å². The van der Waals surface area contributed by atoms with Gasteiger partial charge >= 0.3 is 0 Å². The van der Waals surface area contributed by atoms with E-state index in [1.165, 1.54) is 0 Å². The molecule has 116 valence electrons. The third kappa shape index (κ3) is 3.81. The zero-order valence-corrected chi connectivity index (χ0v) is 12.7. The van der Waals surface area contributed by atoms with Crippen LogP contribution >= 0.6 is 0 Å². The molecule has 0 radical (unpaired) electrons. The lowest BCUT2D eigenvalue weighted by Gasteiger charge is -2.15. The highest BCUT2D eigenvalue weighted by Gasteiger charge is 2.34. The summed E-state index contributed by atoms with van der Waals surface area (Å²) in [7, 11) is 1.59. The Balaban J connectivity index is 1.90. The van der Waals surface area contributed by atoms with Crippen molar-refractivity contribution in [2.75, 3.05) is 32.1 Å². The Bertz CT molecular complexity index is 512. The lowest BCUT2D eigenvalue weighted by atomic mass is 10.1. The minimum absolute atomic E-state index is 0.00269. The first-order valence-corrected chi connectivity index (χ1v) is 7.14. The molecule has 0 bridgehead atoms. The molecule has 2 N–H and O–H groups in total. The van der Waals surface area contributed by atoms with Crippen molar-refractivity contribution in [2.45, 2.75) is 26.2 Å². The van der Waals surface area contributed by atoms with Crippen LogP contribution in [0.3, 0.4) is 0 Å². The highest BCUT2D eigenvalue weighted by atomic mass is 16.5. The molecule has 2 amide bonds. The molecular formula is C14H22N4O3. The fourth-order valence-electron chi connectivity index (χ4n) is 2.29. The van der Waals surface area contributed by atoms with Crippen LogP contribution in [0.2, 0.25) is 0 Å². The number of hydrogen-bond donors (Lipinski definition) is 2. The Morgan fingerprint density at radius 3 is 3.00 bits per heavy atom. The molecule has 1 aliphatic rings. The van der Waals surface area contributed by atoms with Crippen molar-refractivity contribution >= 4 is 17.6 Å². The van der Waals surface area contributed by atoms with Crippen molar-refractivity contribution in [1.29, 1.82) is 0 Å². The first-order valence-electron chi connectivity index (χ1n) is 7.14. The molecule has 7 nitrogen and oxygen atoms in total. The molecule has 1 aromatic rings. The summed E-state index contributed by atoms with van der Waals surface area (Å²) in [5.41, 5.74) is 0.967. The van der Waals surface area contributed by atoms with Crippen LogP contribution in [0.15, 0.2) is 6.07 Å². The molecule has 1 aliphatic heterocycles. The molecular weight excluding hydrogens is 272 g/mol. The predicted octanol–water partition coefficient (Wildman–Crippen LogP) is 0.966. The van der Waals surface area contributed by atoms with Crippen LogP contribution in [-0.2, 0) is 14.3 Å². The zero-order chi connectivity index (χ0) is 15.4. The van der Waals surface area contributed by atoms with E-state index in [9.17, 15) is 9.59 Å². The van der Waals surface area contributed by atoms with Crippen LogP contribution in [0.5, 0.6) is 0 Å². The number of anilines is 1. The molecule has 1 atom stereocenters. The topological polar surface area (TPSA) is 87.3 Å². The van der Waals surface area contributed by atoms with Crippen molar-refractivity contribution in [1.82, 2.24) is 15.1 Å². The van der Waals surface area contributed by atoms with Gasteiger partial charge in [-0.2, -0.15) is 5.10 Å². The number of aromatic amines is 1. The highest BCUT2D eigenvalue weighted by Crippen LogP contribution is 2.20. The number of rotatable bonds is 6. The fourth-order valence-corrected chi connectivity index (χ4v) is 2.29. The van der Waals surface area contributed by atoms with E-state index in [0.29, 0.717) is 31.4 Å². The number of carbonyl (C=O) groups excluding carboxylic acids is 2. The monoisotopic (exact) mass is 294 g/mol. The van der Waals surface area contributed by atoms with Gasteiger partial charge in [0, 0.05) is 38.4 Å². The Labute approximate surface area is 124 Å². The Hall–Kier alpha value is -1.89. The van der Waals surface area contributed by atoms with Gasteiger partial charge in [-0.15, -0.1) is 0 Å². The number of H-pyrrole nitrogens is 1. The zero-order valence-electron chi connectivity index (χ0n) is 12.7. The first kappa shape index (κ1) is 15.5. The molecule has 1 aromatic heterocycles. The molecule has 0 spiro atoms. The minimum atomic E-state index is -0.325. The molecule has 21 heavy (non-hydrogen) atoms. The van der Waals surface area contributed by atoms with Gasteiger partial charge in [-0.1, -0.05) is 13.8 Å². The van der Waals surface area contributed by atoms with Crippen LogP contribution < -0.4 is 5.32 Å². The predicted molar refractivity (Wildman–Crippen MR) is 77.9 cm³/mol. The van der Waals surface area contributed by atoms with Gasteiger partial charge in [-0.3, -0.25) is 14.7 Å². The summed E-state index contributed by atoms with van der Waals surface area (Å²) >= 11 is 0. The number of nitrogens with one attached hydrogen (secondary N) is 2. The number of ether oxygens (including phenoxy) is 1. The van der Waals surface area contributed by atoms with E-state index < -0.39 is 0 Å². The lowest BCUT2D eigenvalue weighted by molar-refractivity contribution is -0.128. The minimum Gasteiger partial charge on any atom is -0.383 e. The van der Waals surface area contributed by atoms with Crippen molar-refractivity contribution in [3.8, 4) is 0 Å². The molecule has 7 heteroatoms. The summed E-state index contributed by atoms with van der Waals surface area (Å²) in [5.74, 6) is 0.336. The summed E-state index contributed by atoms with van der Waals surface area (Å²) in [5, 5.41) is 9.71. The smallest absolute Gasteiger partial charge is 0.230 e. The van der Waals surface area contributed by atoms with Gasteiger partial charge in [0.1, 0.15) is 0 Å². The molecule has 0 saturated carbocycles. The van der Waals surface area contributed by atoms with Crippen LogP contribution in [0.1, 0.15) is 31.9 Å². The molecule has 2 rings (SSSR count). The third-order valence-electron chi connectivity index (χ3n) is 3.62. The molecule has 0 aliphatic carbocycles. The second-order valence-electron chi connectivity index (χ2n) is 5.59. The summed E-state index contributed by atoms with van der Waals surface area (Å²) in [6.45, 7) is 5.54. The van der Waals surface area contributed by atoms with E-state index in [2.05, 4.69) is 15.5 Å². The quantitative estimate of drug-likeness (QED) is 0.818. The van der Waals surface area contributed by atoms with Crippen LogP contribution in [0.25, 0.3) is 0 Å². The Morgan fingerprint density at radius 2 is 2.38 bits per heavy atom. The maximum atomic E-state index is 12.2. The van der Waals surface area contributed by atoms with Gasteiger partial charge in [-0.05, 0) is 5.92 Å². The van der Waals surface area contributed by atoms with E-state index in [0.717, 1.165) is 5.69 Å². The molecule has 1 fully saturated rings. The van der Waals surface area contributed by atoms with Crippen LogP contribution in [0, 0.1) is 5.92 Å². The molecule has 1 unspecified atom stereocenters. The number of hydrogen-bond acceptors (Lipinski definition) is 4. The molecule has 1 saturated heterocycles. The van der Waals surface area contributed by atoms with Gasteiger partial charge in [0.2, 0.25) is 11.8 Å². The number of methoxy groups -OCH3 is 1. The highest BCUT2D eigenvalue weighted by molar-refractivity contribution is 5.96. The third-order valence-corrected chi connectivity index (χ3v) is 3.62. The van der Waals surface area contributed by atoms with Crippen LogP contribution in [-0.4, -0.2) is 53.7 Å². The van der Waals surface area contributed by atoms with E-state index in [-0.39, 0.29) is 24.2 Å². The SMILES string of the molecule is COCCN1CC(C(=O)Nc2cc(C(C)C)[nH]n2)CC1=O. The van der Waals surface area contributed by atoms with E-state index >= 15 is 0 Å². The number of nitrogens with zero attached hydrogens (tertiary/aromatic N) is 2. The second kappa shape index (κ2) is 6.71. The number of amides is 2. The Morgan fingerprint density at radius 1 is 1.62 bits per heavy atom. The lowest BCUT2D eigenvalue weighted by Crippen LogP contribution is -2.30. The first-order chi connectivity index (χ1) is 10.0. The summed E-state index contributed by atoms with van der Waals surface area (Å²) in [4.78, 5) is 25.7. The number of likely N-dealkylation sites (tertiary alicyclic amines) is 1. The average Bonchev–Trinajstić information content (AvgIpc) is 3.03. The van der Waals surface area contributed by atoms with Crippen molar-refractivity contribution in [3.05, 3.63) is 11.8 Å². The second-order valence-corrected chi connectivity index (χ2v) is 5.59. The van der Waals surface area contributed by atoms with E-state index in [1.54, 1.807) is 12.0 Å². The van der Waals surface area contributed by atoms with Gasteiger partial charge < -0.3 is 15.0 Å². The number of carbonyl (C=O) groups is 2.